The largest absolute Gasteiger partial charge is 1.00 e. The van der Waals surface area contributed by atoms with Crippen molar-refractivity contribution in [1.82, 2.24) is 0 Å². The number of ether oxygens (including phenoxy) is 5. The van der Waals surface area contributed by atoms with Crippen molar-refractivity contribution in [3.05, 3.63) is 0 Å². The molecular formula is C28H20F44K2N2O20S6. The van der Waals surface area contributed by atoms with Crippen molar-refractivity contribution >= 4 is 81.2 Å². The quantitative estimate of drug-likeness (QED) is 0.0525. The van der Waals surface area contributed by atoms with Gasteiger partial charge in [0.25, 0.3) is 11.7 Å². The molecule has 0 N–H and O–H groups in total. The van der Waals surface area contributed by atoms with Crippen molar-refractivity contribution in [2.45, 2.75) is 102 Å². The van der Waals surface area contributed by atoms with E-state index in [0.29, 0.717) is 0 Å². The second-order valence-electron chi connectivity index (χ2n) is 14.0. The number of carbonyl (C=O) groups excluding carboxylic acids is 3. The molecule has 0 aliphatic carbocycles. The summed E-state index contributed by atoms with van der Waals surface area (Å²) in [5.74, 6) is -38.3. The van der Waals surface area contributed by atoms with Crippen LogP contribution in [-0.4, -0.2) is 197 Å². The summed E-state index contributed by atoms with van der Waals surface area (Å²) >= 11 is 0. The molecular weight excluding hydrogens is 1790 g/mol. The number of Topliss-reactive ketones (excluding diaryl/α,β-unsaturated/α-hetero) is 1. The number of ketones is 1. The second-order valence-corrected chi connectivity index (χ2v) is 19.8. The molecule has 102 heavy (non-hydrogen) atoms. The minimum Gasteiger partial charge on any atom is -1.00 e. The first kappa shape index (κ1) is 129. The third-order valence-electron chi connectivity index (χ3n) is 6.33. The maximum atomic E-state index is 13.6. The van der Waals surface area contributed by atoms with E-state index in [-0.39, 0.29) is 112 Å². The predicted octanol–water partition coefficient (Wildman–Crippen LogP) is -1.51. The molecule has 608 valence electrons. The zero-order valence-corrected chi connectivity index (χ0v) is 57.7. The first-order valence-electron chi connectivity index (χ1n) is 19.3. The van der Waals surface area contributed by atoms with Crippen LogP contribution in [0, 0.1) is 22.7 Å². The van der Waals surface area contributed by atoms with Gasteiger partial charge < -0.3 is 18.9 Å². The zero-order valence-electron chi connectivity index (χ0n) is 46.5. The predicted molar refractivity (Wildman–Crippen MR) is 215 cm³/mol. The molecule has 2 aliphatic rings. The summed E-state index contributed by atoms with van der Waals surface area (Å²) in [6.45, 7) is -9.57. The number of hydrogen-bond donors (Lipinski definition) is 0. The van der Waals surface area contributed by atoms with E-state index in [2.05, 4.69) is 18.9 Å². The van der Waals surface area contributed by atoms with Crippen molar-refractivity contribution in [3.8, 4) is 12.1 Å². The number of halogens is 44. The van der Waals surface area contributed by atoms with Crippen LogP contribution in [0.3, 0.4) is 0 Å². The van der Waals surface area contributed by atoms with Gasteiger partial charge in [0.15, 0.2) is 39.3 Å². The number of carbonyl (C=O) groups is 3. The second kappa shape index (κ2) is 46.9. The van der Waals surface area contributed by atoms with Crippen LogP contribution >= 0.6 is 0 Å². The van der Waals surface area contributed by atoms with E-state index in [1.165, 1.54) is 13.8 Å². The molecule has 0 aromatic rings. The Kier molecular flexibility index (Phi) is 59.4. The molecule has 5 unspecified atom stereocenters. The molecule has 0 saturated carbocycles. The molecule has 0 radical (unpaired) electrons. The van der Waals surface area contributed by atoms with Gasteiger partial charge >= 0.3 is 248 Å². The smallest absolute Gasteiger partial charge is 1.00 e. The van der Waals surface area contributed by atoms with Crippen molar-refractivity contribution in [2.24, 2.45) is 0 Å². The number of nitrogens with zero attached hydrogens (tertiary/aromatic N) is 2. The van der Waals surface area contributed by atoms with Crippen LogP contribution in [0.4, 0.5) is 179 Å². The van der Waals surface area contributed by atoms with Gasteiger partial charge in [-0.25, -0.2) is 26.3 Å². The normalized spacial score (nSPS) is 17.9. The number of alkyl halides is 32. The first-order valence-corrected chi connectivity index (χ1v) is 27.2. The van der Waals surface area contributed by atoms with E-state index in [4.69, 9.17) is 44.2 Å². The topological polar surface area (TPSA) is 356 Å². The van der Waals surface area contributed by atoms with E-state index in [9.17, 15) is 211 Å². The summed E-state index contributed by atoms with van der Waals surface area (Å²) in [4.78, 5) is 29.7. The molecule has 0 bridgehead atoms. The molecule has 2 rings (SSSR count). The van der Waals surface area contributed by atoms with Crippen molar-refractivity contribution < 1.29 is 380 Å². The standard InChI is InChI=1S/C9H5F13O3.C6H5F7O2.C3F6O5S2.2C3H2F4O.2C2H3N.4F2O2S.2FH.2K/c10-1-4(12,2-11)24-6(14,8(18,19)20)9(21,22)25-5(13,3-23)7(15,16)17;7-1-4(9,2-8)15-5(10,3-14)6(11,12)13;4-2(5,15(8,11)12)1(10)3(6,7)16(9,13)14;2*4-2(1-8-2)3(5,6)7;2*1-2-3;4*1-5(2,3)4;;;;/h3H,1-2H2;3H,1-2H2;;2*1H2;2*1H3;;;;;2*1H;;/q;;;;;;;;;;;;;2*+1/p-2. The summed E-state index contributed by atoms with van der Waals surface area (Å²) in [5, 5.41) is 1.91. The van der Waals surface area contributed by atoms with Crippen LogP contribution < -0.4 is 112 Å². The molecule has 2 saturated heterocycles. The van der Waals surface area contributed by atoms with Gasteiger partial charge in [-0.05, 0) is 0 Å². The van der Waals surface area contributed by atoms with Gasteiger partial charge in [0.1, 0.15) is 13.2 Å². The third kappa shape index (κ3) is 56.0. The van der Waals surface area contributed by atoms with Crippen molar-refractivity contribution in [3.63, 3.8) is 0 Å². The molecule has 2 aliphatic heterocycles. The van der Waals surface area contributed by atoms with Gasteiger partial charge in [-0.2, -0.15) is 175 Å². The van der Waals surface area contributed by atoms with E-state index in [0.717, 1.165) is 0 Å². The van der Waals surface area contributed by atoms with Gasteiger partial charge in [0.05, 0.1) is 12.1 Å². The Hall–Kier alpha value is -2.32. The van der Waals surface area contributed by atoms with Crippen LogP contribution in [0.5, 0.6) is 0 Å². The Morgan fingerprint density at radius 1 is 0.412 bits per heavy atom. The SMILES string of the molecule is CC#N.CC#N.FC(F)(F)C1(F)CO1.FC(F)(F)C1(F)CO1.O=C(C(F)(F)S(=O)(=O)F)C(F)(F)S(=O)(=O)F.O=CC(F)(OC(F)(CF)CF)C(F)(F)F.O=CC(F)(OC(F)(F)C(F)(OC(F)(CF)CF)C(F)(F)F)C(F)(F)F.O=S(=O)(F)F.O=S(=O)(F)F.O=S(=O)(F)F.O=S(=O)(F)F.[F-].[F-].[K+].[K+]. The van der Waals surface area contributed by atoms with E-state index < -0.39 is 210 Å². The number of nitriles is 2. The molecule has 0 amide bonds. The fourth-order valence-electron chi connectivity index (χ4n) is 2.38. The van der Waals surface area contributed by atoms with Gasteiger partial charge in [0, 0.05) is 13.8 Å². The molecule has 0 aromatic carbocycles. The van der Waals surface area contributed by atoms with Crippen molar-refractivity contribution in [2.75, 3.05) is 39.9 Å². The Bertz CT molecular complexity index is 3020. The molecule has 74 heteroatoms. The van der Waals surface area contributed by atoms with Gasteiger partial charge in [-0.3, -0.25) is 28.6 Å². The van der Waals surface area contributed by atoms with E-state index in [1.807, 2.05) is 4.74 Å². The fourth-order valence-corrected chi connectivity index (χ4v) is 3.14. The average molecular weight is 1810 g/mol. The fraction of sp³-hybridized carbons (Fsp3) is 0.821. The summed E-state index contributed by atoms with van der Waals surface area (Å²) < 4.78 is 608. The molecule has 2 heterocycles. The maximum absolute atomic E-state index is 13.6. The van der Waals surface area contributed by atoms with Crippen LogP contribution in [0.1, 0.15) is 13.8 Å². The monoisotopic (exact) mass is 1810 g/mol. The first-order chi connectivity index (χ1) is 41.9. The van der Waals surface area contributed by atoms with Gasteiger partial charge in [0.2, 0.25) is 0 Å². The summed E-state index contributed by atoms with van der Waals surface area (Å²) in [5.41, 5.74) is 0. The average Bonchev–Trinajstić information content (AvgIpc) is 1.23. The van der Waals surface area contributed by atoms with Crippen LogP contribution in [0.2, 0.25) is 0 Å². The molecule has 0 aromatic heterocycles. The number of rotatable bonds is 17. The third-order valence-corrected chi connectivity index (χ3v) is 7.92. The summed E-state index contributed by atoms with van der Waals surface area (Å²) in [6, 6.07) is 3.50. The van der Waals surface area contributed by atoms with Gasteiger partial charge in [-0.15, -0.1) is 0 Å². The summed E-state index contributed by atoms with van der Waals surface area (Å²) in [6.07, 6.45) is -40.2. The van der Waals surface area contributed by atoms with Crippen LogP contribution in [0.15, 0.2) is 0 Å². The van der Waals surface area contributed by atoms with Crippen molar-refractivity contribution in [1.29, 1.82) is 10.5 Å². The molecule has 0 spiro atoms. The minimum absolute atomic E-state index is 0. The maximum Gasteiger partial charge on any atom is 1.00 e. The number of hydrogen-bond acceptors (Lipinski definition) is 22. The van der Waals surface area contributed by atoms with Crippen LogP contribution in [-0.2, 0) is 101 Å². The molecule has 22 nitrogen and oxygen atoms in total. The van der Waals surface area contributed by atoms with Crippen LogP contribution in [0.25, 0.3) is 0 Å². The van der Waals surface area contributed by atoms with E-state index in [1.54, 1.807) is 12.1 Å². The Morgan fingerprint density at radius 3 is 0.686 bits per heavy atom. The minimum atomic E-state index is -7.20. The molecule has 5 atom stereocenters. The Balaban J connectivity index is -0.0000000827. The number of epoxide rings is 2. The Labute approximate surface area is 620 Å². The van der Waals surface area contributed by atoms with E-state index >= 15 is 0 Å². The summed E-state index contributed by atoms with van der Waals surface area (Å²) in [7, 11) is -36.9. The molecule has 2 fully saturated rings. The Morgan fingerprint density at radius 2 is 0.578 bits per heavy atom. The van der Waals surface area contributed by atoms with Gasteiger partial charge in [-0.1, -0.05) is 38.9 Å². The number of aldehydes is 2. The zero-order chi connectivity index (χ0) is 82.7.